The van der Waals surface area contributed by atoms with E-state index in [4.69, 9.17) is 18.0 Å². The average molecular weight is 254 g/mol. The van der Waals surface area contributed by atoms with E-state index in [1.807, 2.05) is 4.90 Å². The number of nitrogens with zero attached hydrogens (tertiary/aromatic N) is 1. The lowest BCUT2D eigenvalue weighted by atomic mass is 10.0. The van der Waals surface area contributed by atoms with Gasteiger partial charge in [0, 0.05) is 11.4 Å². The van der Waals surface area contributed by atoms with Gasteiger partial charge in [0.1, 0.15) is 0 Å². The second-order valence-corrected chi connectivity index (χ2v) is 5.48. The van der Waals surface area contributed by atoms with E-state index in [0.29, 0.717) is 0 Å². The molecule has 0 fully saturated rings. The lowest BCUT2D eigenvalue weighted by Gasteiger charge is -2.33. The van der Waals surface area contributed by atoms with E-state index >= 15 is 0 Å². The van der Waals surface area contributed by atoms with Gasteiger partial charge in [-0.2, -0.15) is 0 Å². The summed E-state index contributed by atoms with van der Waals surface area (Å²) in [7, 11) is 0. The molecule has 0 saturated carbocycles. The summed E-state index contributed by atoms with van der Waals surface area (Å²) in [5.41, 5.74) is 6.68. The van der Waals surface area contributed by atoms with Crippen molar-refractivity contribution in [1.29, 1.82) is 0 Å². The van der Waals surface area contributed by atoms with Gasteiger partial charge in [0.05, 0.1) is 17.5 Å². The van der Waals surface area contributed by atoms with E-state index in [9.17, 15) is 4.79 Å². The Bertz CT molecular complexity index is 427. The van der Waals surface area contributed by atoms with Gasteiger partial charge in [-0.3, -0.25) is 4.79 Å². The van der Waals surface area contributed by atoms with Crippen LogP contribution in [-0.2, 0) is 11.2 Å². The summed E-state index contributed by atoms with van der Waals surface area (Å²) < 4.78 is 0. The molecule has 1 atom stereocenters. The second kappa shape index (κ2) is 4.51. The van der Waals surface area contributed by atoms with Crippen molar-refractivity contribution in [3.8, 4) is 0 Å². The smallest absolute Gasteiger partial charge is 0.229 e. The molecule has 1 aliphatic rings. The van der Waals surface area contributed by atoms with Crippen molar-refractivity contribution in [2.45, 2.75) is 25.8 Å². The zero-order chi connectivity index (χ0) is 11.7. The van der Waals surface area contributed by atoms with E-state index in [1.165, 1.54) is 10.4 Å². The molecule has 5 heteroatoms. The van der Waals surface area contributed by atoms with Gasteiger partial charge in [-0.05, 0) is 30.4 Å². The van der Waals surface area contributed by atoms with Gasteiger partial charge in [-0.1, -0.05) is 12.2 Å². The van der Waals surface area contributed by atoms with Gasteiger partial charge in [0.2, 0.25) is 5.91 Å². The lowest BCUT2D eigenvalue weighted by molar-refractivity contribution is -0.132. The van der Waals surface area contributed by atoms with Crippen LogP contribution in [0.15, 0.2) is 11.4 Å². The maximum Gasteiger partial charge on any atom is 0.229 e. The molecule has 0 radical (unpaired) electrons. The highest BCUT2D eigenvalue weighted by Gasteiger charge is 2.28. The Morgan fingerprint density at radius 3 is 3.19 bits per heavy atom. The quantitative estimate of drug-likeness (QED) is 0.820. The zero-order valence-electron chi connectivity index (χ0n) is 9.10. The third kappa shape index (κ3) is 2.10. The van der Waals surface area contributed by atoms with Crippen molar-refractivity contribution in [3.05, 3.63) is 21.9 Å². The highest BCUT2D eigenvalue weighted by molar-refractivity contribution is 7.80. The van der Waals surface area contributed by atoms with Gasteiger partial charge >= 0.3 is 0 Å². The fraction of sp³-hybridized carbons (Fsp3) is 0.455. The number of hydrogen-bond donors (Lipinski definition) is 1. The molecule has 16 heavy (non-hydrogen) atoms. The Labute approximate surface area is 104 Å². The maximum atomic E-state index is 11.9. The fourth-order valence-electron chi connectivity index (χ4n) is 2.10. The van der Waals surface area contributed by atoms with Gasteiger partial charge in [0.15, 0.2) is 0 Å². The summed E-state index contributed by atoms with van der Waals surface area (Å²) in [5, 5.41) is 2.09. The third-order valence-corrected chi connectivity index (χ3v) is 4.06. The summed E-state index contributed by atoms with van der Waals surface area (Å²) in [5.74, 6) is 0.0388. The average Bonchev–Trinajstić information content (AvgIpc) is 2.65. The van der Waals surface area contributed by atoms with Gasteiger partial charge in [0.25, 0.3) is 0 Å². The molecule has 3 nitrogen and oxygen atoms in total. The van der Waals surface area contributed by atoms with Crippen LogP contribution in [0, 0.1) is 0 Å². The van der Waals surface area contributed by atoms with Crippen molar-refractivity contribution in [2.75, 3.05) is 6.54 Å². The third-order valence-electron chi connectivity index (χ3n) is 2.92. The highest BCUT2D eigenvalue weighted by Crippen LogP contribution is 2.32. The molecule has 0 spiro atoms. The normalized spacial score (nSPS) is 19.3. The molecular formula is C11H14N2OS2. The molecule has 1 amide bonds. The number of thiophene rings is 1. The topological polar surface area (TPSA) is 46.3 Å². The minimum absolute atomic E-state index is 0.0388. The molecule has 0 bridgehead atoms. The summed E-state index contributed by atoms with van der Waals surface area (Å²) in [4.78, 5) is 15.4. The number of rotatable bonds is 2. The van der Waals surface area contributed by atoms with Crippen LogP contribution >= 0.6 is 23.6 Å². The van der Waals surface area contributed by atoms with Crippen LogP contribution in [0.5, 0.6) is 0 Å². The summed E-state index contributed by atoms with van der Waals surface area (Å²) in [6.45, 7) is 2.83. The lowest BCUT2D eigenvalue weighted by Crippen LogP contribution is -2.39. The Morgan fingerprint density at radius 1 is 1.75 bits per heavy atom. The minimum atomic E-state index is 0.0388. The van der Waals surface area contributed by atoms with Gasteiger partial charge in [-0.25, -0.2) is 0 Å². The maximum absolute atomic E-state index is 11.9. The summed E-state index contributed by atoms with van der Waals surface area (Å²) in [6, 6.07) is 2.25. The zero-order valence-corrected chi connectivity index (χ0v) is 10.7. The molecular weight excluding hydrogens is 240 g/mol. The minimum Gasteiger partial charge on any atom is -0.393 e. The number of carbonyl (C=O) groups excluding carboxylic acids is 1. The standard InChI is InChI=1S/C11H14N2OS2/c1-7-8-3-5-16-9(8)2-4-13(7)11(14)6-10(12)15/h3,5,7H,2,4,6H2,1H3,(H2,12,15). The van der Waals surface area contributed by atoms with E-state index in [2.05, 4.69) is 18.4 Å². The monoisotopic (exact) mass is 254 g/mol. The molecule has 2 heterocycles. The van der Waals surface area contributed by atoms with Crippen LogP contribution in [0.3, 0.4) is 0 Å². The van der Waals surface area contributed by atoms with Crippen LogP contribution in [0.4, 0.5) is 0 Å². The molecule has 2 N–H and O–H groups in total. The van der Waals surface area contributed by atoms with Gasteiger partial charge < -0.3 is 10.6 Å². The van der Waals surface area contributed by atoms with E-state index < -0.39 is 0 Å². The Morgan fingerprint density at radius 2 is 2.50 bits per heavy atom. The number of fused-ring (bicyclic) bond motifs is 1. The molecule has 0 aromatic carbocycles. The van der Waals surface area contributed by atoms with Crippen LogP contribution in [0.1, 0.15) is 29.8 Å². The van der Waals surface area contributed by atoms with Gasteiger partial charge in [-0.15, -0.1) is 11.3 Å². The largest absolute Gasteiger partial charge is 0.393 e. The van der Waals surface area contributed by atoms with E-state index in [1.54, 1.807) is 11.3 Å². The fourth-order valence-corrected chi connectivity index (χ4v) is 3.19. The highest BCUT2D eigenvalue weighted by atomic mass is 32.1. The summed E-state index contributed by atoms with van der Waals surface area (Å²) in [6.07, 6.45) is 1.12. The molecule has 0 aliphatic carbocycles. The molecule has 2 rings (SSSR count). The molecule has 1 aliphatic heterocycles. The van der Waals surface area contributed by atoms with Crippen molar-refractivity contribution in [2.24, 2.45) is 5.73 Å². The van der Waals surface area contributed by atoms with E-state index in [0.717, 1.165) is 13.0 Å². The van der Waals surface area contributed by atoms with Crippen LogP contribution < -0.4 is 5.73 Å². The molecule has 0 saturated heterocycles. The van der Waals surface area contributed by atoms with Crippen molar-refractivity contribution in [3.63, 3.8) is 0 Å². The SMILES string of the molecule is CC1c2ccsc2CCN1C(=O)CC(N)=S. The first-order chi connectivity index (χ1) is 7.59. The Kier molecular flexibility index (Phi) is 3.25. The first-order valence-electron chi connectivity index (χ1n) is 5.23. The first kappa shape index (κ1) is 11.5. The van der Waals surface area contributed by atoms with Crippen molar-refractivity contribution >= 4 is 34.5 Å². The predicted octanol–water partition coefficient (Wildman–Crippen LogP) is 1.87. The van der Waals surface area contributed by atoms with Crippen LogP contribution in [0.2, 0.25) is 0 Å². The van der Waals surface area contributed by atoms with Crippen molar-refractivity contribution < 1.29 is 4.79 Å². The molecule has 86 valence electrons. The molecule has 1 aromatic rings. The number of hydrogen-bond acceptors (Lipinski definition) is 3. The van der Waals surface area contributed by atoms with Crippen molar-refractivity contribution in [1.82, 2.24) is 4.90 Å². The molecule has 1 unspecified atom stereocenters. The van der Waals surface area contributed by atoms with Crippen LogP contribution in [-0.4, -0.2) is 22.3 Å². The number of thiocarbonyl (C=S) groups is 1. The Balaban J connectivity index is 2.15. The molecule has 1 aromatic heterocycles. The second-order valence-electron chi connectivity index (χ2n) is 3.96. The number of nitrogens with two attached hydrogens (primary N) is 1. The predicted molar refractivity (Wildman–Crippen MR) is 69.6 cm³/mol. The summed E-state index contributed by atoms with van der Waals surface area (Å²) >= 11 is 6.54. The number of amides is 1. The van der Waals surface area contributed by atoms with Crippen LogP contribution in [0.25, 0.3) is 0 Å². The first-order valence-corrected chi connectivity index (χ1v) is 6.52. The Hall–Kier alpha value is -0.940. The number of carbonyl (C=O) groups is 1. The van der Waals surface area contributed by atoms with E-state index in [-0.39, 0.29) is 23.4 Å².